The molecule has 1 atom stereocenters. The van der Waals surface area contributed by atoms with Crippen LogP contribution in [0.25, 0.3) is 0 Å². The highest BCUT2D eigenvalue weighted by atomic mass is 16.5. The third-order valence-corrected chi connectivity index (χ3v) is 3.01. The number of ether oxygens (including phenoxy) is 1. The summed E-state index contributed by atoms with van der Waals surface area (Å²) in [6.45, 7) is 1.93. The Labute approximate surface area is 122 Å². The van der Waals surface area contributed by atoms with Crippen LogP contribution in [0.2, 0.25) is 0 Å². The summed E-state index contributed by atoms with van der Waals surface area (Å²) in [5.41, 5.74) is 1.57. The van der Waals surface area contributed by atoms with Crippen molar-refractivity contribution in [1.82, 2.24) is 5.32 Å². The first kappa shape index (κ1) is 14.9. The molecule has 6 nitrogen and oxygen atoms in total. The highest BCUT2D eigenvalue weighted by Gasteiger charge is 2.12. The van der Waals surface area contributed by atoms with Gasteiger partial charge in [-0.2, -0.15) is 0 Å². The van der Waals surface area contributed by atoms with Crippen molar-refractivity contribution >= 4 is 11.7 Å². The number of amides is 2. The SMILES string of the molecule is COc1ccc(NC(=O)NCC(O)c2ccco2)c(C)c1. The van der Waals surface area contributed by atoms with Gasteiger partial charge in [-0.3, -0.25) is 0 Å². The lowest BCUT2D eigenvalue weighted by Crippen LogP contribution is -2.32. The molecule has 3 N–H and O–H groups in total. The van der Waals surface area contributed by atoms with Crippen LogP contribution in [0.5, 0.6) is 5.75 Å². The summed E-state index contributed by atoms with van der Waals surface area (Å²) in [7, 11) is 1.59. The first-order valence-electron chi connectivity index (χ1n) is 6.51. The first-order valence-corrected chi connectivity index (χ1v) is 6.51. The molecule has 6 heteroatoms. The number of methoxy groups -OCH3 is 1. The van der Waals surface area contributed by atoms with Crippen LogP contribution < -0.4 is 15.4 Å². The highest BCUT2D eigenvalue weighted by molar-refractivity contribution is 5.90. The zero-order valence-corrected chi connectivity index (χ0v) is 11.9. The Morgan fingerprint density at radius 1 is 1.43 bits per heavy atom. The number of carbonyl (C=O) groups is 1. The number of aliphatic hydroxyl groups excluding tert-OH is 1. The summed E-state index contributed by atoms with van der Waals surface area (Å²) < 4.78 is 10.2. The van der Waals surface area contributed by atoms with E-state index < -0.39 is 12.1 Å². The topological polar surface area (TPSA) is 83.7 Å². The quantitative estimate of drug-likeness (QED) is 0.789. The number of furan rings is 1. The van der Waals surface area contributed by atoms with Gasteiger partial charge in [-0.1, -0.05) is 0 Å². The molecular formula is C15H18N2O4. The van der Waals surface area contributed by atoms with Gasteiger partial charge in [0.25, 0.3) is 0 Å². The molecule has 0 radical (unpaired) electrons. The molecule has 1 aromatic carbocycles. The fourth-order valence-corrected chi connectivity index (χ4v) is 1.84. The van der Waals surface area contributed by atoms with E-state index in [4.69, 9.17) is 9.15 Å². The van der Waals surface area contributed by atoms with E-state index in [1.165, 1.54) is 6.26 Å². The third-order valence-electron chi connectivity index (χ3n) is 3.01. The van der Waals surface area contributed by atoms with Gasteiger partial charge in [-0.15, -0.1) is 0 Å². The summed E-state index contributed by atoms with van der Waals surface area (Å²) in [5, 5.41) is 15.1. The molecule has 21 heavy (non-hydrogen) atoms. The molecule has 0 aliphatic heterocycles. The van der Waals surface area contributed by atoms with Crippen LogP contribution in [0.4, 0.5) is 10.5 Å². The molecule has 2 aromatic rings. The molecule has 112 valence electrons. The molecule has 1 unspecified atom stereocenters. The summed E-state index contributed by atoms with van der Waals surface area (Å²) in [4.78, 5) is 11.8. The van der Waals surface area contributed by atoms with E-state index in [2.05, 4.69) is 10.6 Å². The Bertz CT molecular complexity index is 596. The van der Waals surface area contributed by atoms with Crippen LogP contribution >= 0.6 is 0 Å². The summed E-state index contributed by atoms with van der Waals surface area (Å²) in [6.07, 6.45) is 0.599. The van der Waals surface area contributed by atoms with Gasteiger partial charge in [0.05, 0.1) is 19.9 Å². The second-order valence-corrected chi connectivity index (χ2v) is 4.55. The lowest BCUT2D eigenvalue weighted by molar-refractivity contribution is 0.149. The molecule has 2 amide bonds. The number of aryl methyl sites for hydroxylation is 1. The Hall–Kier alpha value is -2.47. The Kier molecular flexibility index (Phi) is 4.84. The maximum atomic E-state index is 11.8. The largest absolute Gasteiger partial charge is 0.497 e. The first-order chi connectivity index (χ1) is 10.1. The number of anilines is 1. The van der Waals surface area contributed by atoms with Gasteiger partial charge in [-0.05, 0) is 42.8 Å². The van der Waals surface area contributed by atoms with Gasteiger partial charge < -0.3 is 24.9 Å². The van der Waals surface area contributed by atoms with Gasteiger partial charge in [0.1, 0.15) is 17.6 Å². The van der Waals surface area contributed by atoms with Gasteiger partial charge in [0.2, 0.25) is 0 Å². The van der Waals surface area contributed by atoms with Crippen molar-refractivity contribution in [2.45, 2.75) is 13.0 Å². The molecule has 0 saturated carbocycles. The van der Waals surface area contributed by atoms with Crippen molar-refractivity contribution < 1.29 is 19.1 Å². The van der Waals surface area contributed by atoms with Crippen molar-refractivity contribution in [2.75, 3.05) is 19.0 Å². The van der Waals surface area contributed by atoms with E-state index in [9.17, 15) is 9.90 Å². The number of rotatable bonds is 5. The fourth-order valence-electron chi connectivity index (χ4n) is 1.84. The van der Waals surface area contributed by atoms with Crippen LogP contribution in [0, 0.1) is 6.92 Å². The van der Waals surface area contributed by atoms with Gasteiger partial charge in [0, 0.05) is 5.69 Å². The molecule has 1 heterocycles. The van der Waals surface area contributed by atoms with Crippen LogP contribution in [-0.4, -0.2) is 24.8 Å². The van der Waals surface area contributed by atoms with E-state index in [0.717, 1.165) is 11.3 Å². The molecule has 0 aliphatic rings. The van der Waals surface area contributed by atoms with E-state index in [0.29, 0.717) is 11.4 Å². The minimum Gasteiger partial charge on any atom is -0.497 e. The molecule has 0 saturated heterocycles. The molecule has 0 bridgehead atoms. The third kappa shape index (κ3) is 4.00. The number of benzene rings is 1. The highest BCUT2D eigenvalue weighted by Crippen LogP contribution is 2.20. The minimum atomic E-state index is -0.872. The normalized spacial score (nSPS) is 11.8. The lowest BCUT2D eigenvalue weighted by Gasteiger charge is -2.12. The molecule has 0 aliphatic carbocycles. The average Bonchev–Trinajstić information content (AvgIpc) is 3.01. The average molecular weight is 290 g/mol. The van der Waals surface area contributed by atoms with E-state index in [1.54, 1.807) is 31.4 Å². The Balaban J connectivity index is 1.87. The van der Waals surface area contributed by atoms with Crippen LogP contribution in [-0.2, 0) is 0 Å². The van der Waals surface area contributed by atoms with Crippen molar-refractivity contribution in [3.63, 3.8) is 0 Å². The van der Waals surface area contributed by atoms with Gasteiger partial charge in [-0.25, -0.2) is 4.79 Å². The second kappa shape index (κ2) is 6.81. The molecule has 0 fully saturated rings. The van der Waals surface area contributed by atoms with Gasteiger partial charge >= 0.3 is 6.03 Å². The van der Waals surface area contributed by atoms with E-state index in [-0.39, 0.29) is 6.54 Å². The maximum absolute atomic E-state index is 11.8. The number of carbonyl (C=O) groups excluding carboxylic acids is 1. The maximum Gasteiger partial charge on any atom is 0.319 e. The van der Waals surface area contributed by atoms with Crippen molar-refractivity contribution in [3.8, 4) is 5.75 Å². The predicted molar refractivity (Wildman–Crippen MR) is 78.4 cm³/mol. The van der Waals surface area contributed by atoms with Crippen molar-refractivity contribution in [3.05, 3.63) is 47.9 Å². The zero-order chi connectivity index (χ0) is 15.2. The Morgan fingerprint density at radius 3 is 2.86 bits per heavy atom. The predicted octanol–water partition coefficient (Wildman–Crippen LogP) is 2.45. The van der Waals surface area contributed by atoms with Crippen LogP contribution in [0.1, 0.15) is 17.4 Å². The van der Waals surface area contributed by atoms with E-state index in [1.807, 2.05) is 13.0 Å². The monoisotopic (exact) mass is 290 g/mol. The number of urea groups is 1. The van der Waals surface area contributed by atoms with E-state index >= 15 is 0 Å². The molecular weight excluding hydrogens is 272 g/mol. The summed E-state index contributed by atoms with van der Waals surface area (Å²) >= 11 is 0. The summed E-state index contributed by atoms with van der Waals surface area (Å²) in [5.74, 6) is 1.14. The van der Waals surface area contributed by atoms with Crippen LogP contribution in [0.15, 0.2) is 41.0 Å². The van der Waals surface area contributed by atoms with Crippen LogP contribution in [0.3, 0.4) is 0 Å². The van der Waals surface area contributed by atoms with Crippen molar-refractivity contribution in [2.24, 2.45) is 0 Å². The molecule has 2 rings (SSSR count). The molecule has 1 aromatic heterocycles. The number of hydrogen-bond acceptors (Lipinski definition) is 4. The molecule has 0 spiro atoms. The van der Waals surface area contributed by atoms with Gasteiger partial charge in [0.15, 0.2) is 0 Å². The standard InChI is InChI=1S/C15H18N2O4/c1-10-8-11(20-2)5-6-12(10)17-15(19)16-9-13(18)14-4-3-7-21-14/h3-8,13,18H,9H2,1-2H3,(H2,16,17,19). The second-order valence-electron chi connectivity index (χ2n) is 4.55. The van der Waals surface area contributed by atoms with Crippen molar-refractivity contribution in [1.29, 1.82) is 0 Å². The fraction of sp³-hybridized carbons (Fsp3) is 0.267. The smallest absolute Gasteiger partial charge is 0.319 e. The number of hydrogen-bond donors (Lipinski definition) is 3. The zero-order valence-electron chi connectivity index (χ0n) is 11.9. The number of nitrogens with one attached hydrogen (secondary N) is 2. The summed E-state index contributed by atoms with van der Waals surface area (Å²) in [6, 6.07) is 8.29. The lowest BCUT2D eigenvalue weighted by atomic mass is 10.2. The Morgan fingerprint density at radius 2 is 2.24 bits per heavy atom. The minimum absolute atomic E-state index is 0.0640. The number of aliphatic hydroxyl groups is 1.